The summed E-state index contributed by atoms with van der Waals surface area (Å²) in [5.41, 5.74) is 0.834. The Hall–Kier alpha value is -2.46. The summed E-state index contributed by atoms with van der Waals surface area (Å²) in [6.07, 6.45) is -3.82. The van der Waals surface area contributed by atoms with E-state index in [0.717, 1.165) is 18.4 Å². The quantitative estimate of drug-likeness (QED) is 0.745. The minimum Gasteiger partial charge on any atom is -0.406 e. The third-order valence-electron chi connectivity index (χ3n) is 3.43. The molecule has 2 aromatic rings. The number of rotatable bonds is 6. The average molecular weight is 437 g/mol. The number of nitrogens with one attached hydrogen (secondary N) is 1. The summed E-state index contributed by atoms with van der Waals surface area (Å²) in [7, 11) is -2.08. The lowest BCUT2D eigenvalue weighted by molar-refractivity contribution is -0.274. The van der Waals surface area contributed by atoms with Crippen molar-refractivity contribution in [3.63, 3.8) is 0 Å². The number of ether oxygens (including phenoxy) is 1. The summed E-state index contributed by atoms with van der Waals surface area (Å²) in [5, 5.41) is 0.130. The summed E-state index contributed by atoms with van der Waals surface area (Å²) < 4.78 is 65.3. The van der Waals surface area contributed by atoms with Crippen LogP contribution in [-0.4, -0.2) is 38.9 Å². The Morgan fingerprint density at radius 2 is 1.79 bits per heavy atom. The predicted octanol–water partition coefficient (Wildman–Crippen LogP) is 3.88. The van der Waals surface area contributed by atoms with Crippen molar-refractivity contribution < 1.29 is 31.1 Å². The Balaban J connectivity index is 2.11. The summed E-state index contributed by atoms with van der Waals surface area (Å²) >= 11 is 5.93. The molecule has 0 saturated heterocycles. The van der Waals surface area contributed by atoms with E-state index in [1.54, 1.807) is 0 Å². The van der Waals surface area contributed by atoms with Crippen molar-refractivity contribution in [3.05, 3.63) is 58.6 Å². The van der Waals surface area contributed by atoms with Gasteiger partial charge in [-0.2, -0.15) is 0 Å². The molecular weight excluding hydrogens is 421 g/mol. The molecule has 0 saturated carbocycles. The normalized spacial score (nSPS) is 11.8. The molecule has 1 N–H and O–H groups in total. The van der Waals surface area contributed by atoms with E-state index in [2.05, 4.69) is 9.46 Å². The van der Waals surface area contributed by atoms with E-state index in [9.17, 15) is 26.4 Å². The average Bonchev–Trinajstić information content (AvgIpc) is 2.55. The summed E-state index contributed by atoms with van der Waals surface area (Å²) in [5.74, 6) is -0.789. The van der Waals surface area contributed by atoms with Gasteiger partial charge in [0.25, 0.3) is 5.91 Å². The number of sulfonamides is 1. The number of carbonyl (C=O) groups is 1. The minimum absolute atomic E-state index is 0.0667. The molecule has 0 fully saturated rings. The molecule has 0 bridgehead atoms. The van der Waals surface area contributed by atoms with Gasteiger partial charge in [0.2, 0.25) is 10.0 Å². The van der Waals surface area contributed by atoms with Crippen LogP contribution in [0.4, 0.5) is 18.9 Å². The molecule has 2 rings (SSSR count). The zero-order valence-electron chi connectivity index (χ0n) is 14.7. The van der Waals surface area contributed by atoms with E-state index in [0.29, 0.717) is 5.56 Å². The molecule has 11 heteroatoms. The Kier molecular flexibility index (Phi) is 6.45. The number of hydrogen-bond donors (Lipinski definition) is 1. The second-order valence-corrected chi connectivity index (χ2v) is 8.08. The van der Waals surface area contributed by atoms with Crippen molar-refractivity contribution in [2.24, 2.45) is 0 Å². The zero-order valence-corrected chi connectivity index (χ0v) is 16.3. The van der Waals surface area contributed by atoms with Crippen LogP contribution in [0.5, 0.6) is 5.75 Å². The Bertz CT molecular complexity index is 963. The van der Waals surface area contributed by atoms with Gasteiger partial charge < -0.3 is 9.64 Å². The van der Waals surface area contributed by atoms with Gasteiger partial charge in [0.15, 0.2) is 0 Å². The maximum Gasteiger partial charge on any atom is 0.573 e. The van der Waals surface area contributed by atoms with Gasteiger partial charge in [0, 0.05) is 19.2 Å². The van der Waals surface area contributed by atoms with Gasteiger partial charge in [-0.25, -0.2) is 8.42 Å². The molecule has 2 aromatic carbocycles. The minimum atomic E-state index is -4.78. The lowest BCUT2D eigenvalue weighted by Gasteiger charge is -2.18. The topological polar surface area (TPSA) is 75.7 Å². The fraction of sp³-hybridized carbons (Fsp3) is 0.235. The van der Waals surface area contributed by atoms with Crippen molar-refractivity contribution in [2.75, 3.05) is 18.0 Å². The number of alkyl halides is 3. The Labute approximate surface area is 164 Å². The predicted molar refractivity (Wildman–Crippen MR) is 98.8 cm³/mol. The van der Waals surface area contributed by atoms with E-state index in [1.807, 2.05) is 0 Å². The van der Waals surface area contributed by atoms with Crippen molar-refractivity contribution in [3.8, 4) is 5.75 Å². The zero-order chi connectivity index (χ0) is 21.1. The number of nitrogens with zero attached hydrogens (tertiary/aromatic N) is 1. The van der Waals surface area contributed by atoms with Crippen LogP contribution in [0.2, 0.25) is 5.02 Å². The summed E-state index contributed by atoms with van der Waals surface area (Å²) in [4.78, 5) is 13.9. The van der Waals surface area contributed by atoms with Crippen LogP contribution >= 0.6 is 11.6 Å². The number of halogens is 4. The first-order valence-corrected chi connectivity index (χ1v) is 9.98. The lowest BCUT2D eigenvalue weighted by Crippen LogP contribution is -2.26. The molecule has 0 aliphatic heterocycles. The SMILES string of the molecule is CN(Cc1ccc(OC(F)(F)F)cc1)C(=O)c1ccc(Cl)c(NS(C)(=O)=O)c1. The second kappa shape index (κ2) is 8.27. The Morgan fingerprint density at radius 1 is 1.18 bits per heavy atom. The van der Waals surface area contributed by atoms with Crippen molar-refractivity contribution in [2.45, 2.75) is 12.9 Å². The highest BCUT2D eigenvalue weighted by Gasteiger charge is 2.31. The van der Waals surface area contributed by atoms with Crippen LogP contribution in [0.1, 0.15) is 15.9 Å². The van der Waals surface area contributed by atoms with Crippen LogP contribution in [0.3, 0.4) is 0 Å². The highest BCUT2D eigenvalue weighted by atomic mass is 35.5. The van der Waals surface area contributed by atoms with Crippen LogP contribution in [0.15, 0.2) is 42.5 Å². The standard InChI is InChI=1S/C17H16ClF3N2O4S/c1-23(10-11-3-6-13(7-4-11)27-17(19,20)21)16(24)12-5-8-14(18)15(9-12)22-28(2,25)26/h3-9,22H,10H2,1-2H3. The number of benzene rings is 2. The number of hydrogen-bond acceptors (Lipinski definition) is 4. The highest BCUT2D eigenvalue weighted by Crippen LogP contribution is 2.25. The Morgan fingerprint density at radius 3 is 2.32 bits per heavy atom. The van der Waals surface area contributed by atoms with Crippen molar-refractivity contribution in [1.82, 2.24) is 4.90 Å². The molecule has 28 heavy (non-hydrogen) atoms. The first-order chi connectivity index (χ1) is 12.8. The van der Waals surface area contributed by atoms with Crippen molar-refractivity contribution in [1.29, 1.82) is 0 Å². The summed E-state index contributed by atoms with van der Waals surface area (Å²) in [6, 6.07) is 9.25. The lowest BCUT2D eigenvalue weighted by atomic mass is 10.1. The maximum atomic E-state index is 12.6. The highest BCUT2D eigenvalue weighted by molar-refractivity contribution is 7.92. The maximum absolute atomic E-state index is 12.6. The largest absolute Gasteiger partial charge is 0.573 e. The smallest absolute Gasteiger partial charge is 0.406 e. The molecule has 6 nitrogen and oxygen atoms in total. The molecule has 0 aliphatic rings. The van der Waals surface area contributed by atoms with E-state index in [-0.39, 0.29) is 28.6 Å². The molecular formula is C17H16ClF3N2O4S. The number of amides is 1. The fourth-order valence-corrected chi connectivity index (χ4v) is 3.09. The van der Waals surface area contributed by atoms with Gasteiger partial charge in [-0.1, -0.05) is 23.7 Å². The molecule has 0 aliphatic carbocycles. The van der Waals surface area contributed by atoms with Crippen LogP contribution < -0.4 is 9.46 Å². The number of carbonyl (C=O) groups excluding carboxylic acids is 1. The molecule has 0 atom stereocenters. The monoisotopic (exact) mass is 436 g/mol. The van der Waals surface area contributed by atoms with Gasteiger partial charge >= 0.3 is 6.36 Å². The third kappa shape index (κ3) is 6.61. The van der Waals surface area contributed by atoms with Crippen LogP contribution in [-0.2, 0) is 16.6 Å². The molecule has 1 amide bonds. The molecule has 0 radical (unpaired) electrons. The van der Waals surface area contributed by atoms with Crippen molar-refractivity contribution >= 4 is 33.2 Å². The van der Waals surface area contributed by atoms with E-state index in [4.69, 9.17) is 11.6 Å². The molecule has 0 aromatic heterocycles. The first kappa shape index (κ1) is 21.8. The first-order valence-electron chi connectivity index (χ1n) is 7.71. The molecule has 0 heterocycles. The van der Waals surface area contributed by atoms with Gasteiger partial charge in [-0.3, -0.25) is 9.52 Å². The van der Waals surface area contributed by atoms with Gasteiger partial charge in [0.1, 0.15) is 5.75 Å². The van der Waals surface area contributed by atoms with Crippen LogP contribution in [0.25, 0.3) is 0 Å². The third-order valence-corrected chi connectivity index (χ3v) is 4.35. The number of anilines is 1. The second-order valence-electron chi connectivity index (χ2n) is 5.92. The van der Waals surface area contributed by atoms with Crippen LogP contribution in [0, 0.1) is 0 Å². The van der Waals surface area contributed by atoms with E-state index >= 15 is 0 Å². The molecule has 0 unspecified atom stereocenters. The van der Waals surface area contributed by atoms with Gasteiger partial charge in [0.05, 0.1) is 17.0 Å². The molecule has 152 valence electrons. The van der Waals surface area contributed by atoms with Gasteiger partial charge in [-0.15, -0.1) is 13.2 Å². The fourth-order valence-electron chi connectivity index (χ4n) is 2.30. The van der Waals surface area contributed by atoms with Gasteiger partial charge in [-0.05, 0) is 35.9 Å². The van der Waals surface area contributed by atoms with E-state index < -0.39 is 22.3 Å². The van der Waals surface area contributed by atoms with E-state index in [1.165, 1.54) is 42.3 Å². The molecule has 0 spiro atoms. The summed E-state index contributed by atoms with van der Waals surface area (Å²) in [6.45, 7) is 0.114.